The molecular weight excluding hydrogens is 458 g/mol. The normalized spacial score (nSPS) is 17.5. The number of nitrogens with zero attached hydrogens (tertiary/aromatic N) is 1. The zero-order chi connectivity index (χ0) is 24.2. The Balaban J connectivity index is 0.000000536. The summed E-state index contributed by atoms with van der Waals surface area (Å²) in [6, 6.07) is 3.97. The maximum atomic E-state index is 11.2. The first kappa shape index (κ1) is 28.4. The summed E-state index contributed by atoms with van der Waals surface area (Å²) in [7, 11) is 0. The zero-order valence-corrected chi connectivity index (χ0v) is 16.6. The van der Waals surface area contributed by atoms with E-state index in [1.54, 1.807) is 19.3 Å². The minimum absolute atomic E-state index is 0.192. The second kappa shape index (κ2) is 12.9. The van der Waals surface area contributed by atoms with E-state index in [0.29, 0.717) is 5.25 Å². The van der Waals surface area contributed by atoms with Gasteiger partial charge in [-0.2, -0.15) is 26.3 Å². The summed E-state index contributed by atoms with van der Waals surface area (Å²) in [5.74, 6) is -5.51. The number of carboxylic acid groups (broad SMARTS) is 2. The molecule has 0 bridgehead atoms. The molecule has 0 aliphatic carbocycles. The molecule has 1 aliphatic rings. The van der Waals surface area contributed by atoms with Gasteiger partial charge in [0.15, 0.2) is 5.12 Å². The van der Waals surface area contributed by atoms with Gasteiger partial charge in [0, 0.05) is 31.1 Å². The second-order valence-corrected chi connectivity index (χ2v) is 7.05. The van der Waals surface area contributed by atoms with Crippen LogP contribution in [0.2, 0.25) is 0 Å². The summed E-state index contributed by atoms with van der Waals surface area (Å²) in [6.07, 6.45) is -3.42. The zero-order valence-electron chi connectivity index (χ0n) is 15.8. The van der Waals surface area contributed by atoms with Crippen LogP contribution in [0.4, 0.5) is 26.3 Å². The first-order chi connectivity index (χ1) is 14.1. The maximum Gasteiger partial charge on any atom is 0.490 e. The molecule has 1 aromatic rings. The smallest absolute Gasteiger partial charge is 0.475 e. The third-order valence-corrected chi connectivity index (χ3v) is 4.33. The molecule has 1 aliphatic heterocycles. The summed E-state index contributed by atoms with van der Waals surface area (Å²) in [5.41, 5.74) is 2.44. The molecule has 1 saturated heterocycles. The lowest BCUT2D eigenvalue weighted by atomic mass is 10.0. The monoisotopic (exact) mass is 476 g/mol. The van der Waals surface area contributed by atoms with E-state index in [9.17, 15) is 31.1 Å². The molecule has 174 valence electrons. The number of carbonyl (C=O) groups excluding carboxylic acids is 1. The minimum Gasteiger partial charge on any atom is -0.475 e. The van der Waals surface area contributed by atoms with Gasteiger partial charge < -0.3 is 15.5 Å². The van der Waals surface area contributed by atoms with Gasteiger partial charge in [0.1, 0.15) is 0 Å². The van der Waals surface area contributed by atoms with Crippen molar-refractivity contribution in [1.82, 2.24) is 10.3 Å². The molecular formula is C17H18F6N2O5S. The lowest BCUT2D eigenvalue weighted by molar-refractivity contribution is -0.193. The van der Waals surface area contributed by atoms with Crippen molar-refractivity contribution >= 4 is 34.9 Å². The molecule has 1 fully saturated rings. The number of piperidine rings is 1. The molecule has 0 aromatic carbocycles. The van der Waals surface area contributed by atoms with Crippen molar-refractivity contribution < 1.29 is 50.9 Å². The number of carboxylic acids is 2. The Kier molecular flexibility index (Phi) is 11.9. The van der Waals surface area contributed by atoms with Gasteiger partial charge in [0.25, 0.3) is 0 Å². The van der Waals surface area contributed by atoms with Crippen molar-refractivity contribution in [2.24, 2.45) is 0 Å². The van der Waals surface area contributed by atoms with E-state index in [4.69, 9.17) is 19.8 Å². The maximum absolute atomic E-state index is 11.2. The molecule has 2 rings (SSSR count). The van der Waals surface area contributed by atoms with Gasteiger partial charge in [0.05, 0.1) is 0 Å². The number of hydrogen-bond acceptors (Lipinski definition) is 6. The van der Waals surface area contributed by atoms with Crippen molar-refractivity contribution in [3.63, 3.8) is 0 Å². The van der Waals surface area contributed by atoms with Crippen LogP contribution in [0.3, 0.4) is 0 Å². The number of alkyl halides is 6. The van der Waals surface area contributed by atoms with Crippen LogP contribution in [0, 0.1) is 0 Å². The first-order valence-corrected chi connectivity index (χ1v) is 9.11. The summed E-state index contributed by atoms with van der Waals surface area (Å²) < 4.78 is 63.5. The summed E-state index contributed by atoms with van der Waals surface area (Å²) in [4.78, 5) is 33.0. The van der Waals surface area contributed by atoms with Crippen LogP contribution in [0.25, 0.3) is 6.08 Å². The number of carbonyl (C=O) groups is 3. The number of rotatable bonds is 2. The van der Waals surface area contributed by atoms with Gasteiger partial charge in [-0.05, 0) is 36.2 Å². The largest absolute Gasteiger partial charge is 0.490 e. The van der Waals surface area contributed by atoms with E-state index < -0.39 is 24.3 Å². The van der Waals surface area contributed by atoms with Gasteiger partial charge in [-0.25, -0.2) is 9.59 Å². The topological polar surface area (TPSA) is 117 Å². The number of aromatic nitrogens is 1. The van der Waals surface area contributed by atoms with Crippen LogP contribution in [0.15, 0.2) is 30.1 Å². The van der Waals surface area contributed by atoms with Crippen LogP contribution in [0.5, 0.6) is 0 Å². The standard InChI is InChI=1S/C13H16N2OS.2C2HF3O2/c1-10(16)17-13-4-7-15-9-12(13)8-11-2-5-14-6-3-11;2*3-2(4,5)1(6)7/h2-3,5-6,8,13,15H,4,7,9H2,1H3;2*(H,6,7)/b12-8+;;. The SMILES string of the molecule is CC(=O)SC1CCNC/C1=C\c1ccncc1.O=C(O)C(F)(F)F.O=C(O)C(F)(F)F. The number of pyridine rings is 1. The number of halogens is 6. The Morgan fingerprint density at radius 3 is 1.90 bits per heavy atom. The number of aliphatic carboxylic acids is 2. The van der Waals surface area contributed by atoms with Crippen LogP contribution < -0.4 is 5.32 Å². The fourth-order valence-electron chi connectivity index (χ4n) is 1.92. The van der Waals surface area contributed by atoms with E-state index in [0.717, 1.165) is 25.1 Å². The van der Waals surface area contributed by atoms with Gasteiger partial charge in [-0.1, -0.05) is 17.8 Å². The predicted molar refractivity (Wildman–Crippen MR) is 99.1 cm³/mol. The van der Waals surface area contributed by atoms with Crippen molar-refractivity contribution in [2.45, 2.75) is 30.9 Å². The Hall–Kier alpha value is -2.61. The van der Waals surface area contributed by atoms with Gasteiger partial charge in [-0.15, -0.1) is 0 Å². The predicted octanol–water partition coefficient (Wildman–Crippen LogP) is 3.37. The molecule has 0 spiro atoms. The lowest BCUT2D eigenvalue weighted by Crippen LogP contribution is -2.32. The molecule has 0 saturated carbocycles. The fraction of sp³-hybridized carbons (Fsp3) is 0.412. The second-order valence-electron chi connectivity index (χ2n) is 5.67. The van der Waals surface area contributed by atoms with Gasteiger partial charge in [0.2, 0.25) is 0 Å². The minimum atomic E-state index is -5.08. The highest BCUT2D eigenvalue weighted by atomic mass is 32.2. The van der Waals surface area contributed by atoms with Crippen LogP contribution in [-0.2, 0) is 14.4 Å². The molecule has 14 heteroatoms. The van der Waals surface area contributed by atoms with Crippen LogP contribution >= 0.6 is 11.8 Å². The summed E-state index contributed by atoms with van der Waals surface area (Å²) >= 11 is 1.44. The summed E-state index contributed by atoms with van der Waals surface area (Å²) in [5, 5.41) is 18.1. The molecule has 1 atom stereocenters. The van der Waals surface area contributed by atoms with Crippen molar-refractivity contribution in [3.05, 3.63) is 35.7 Å². The van der Waals surface area contributed by atoms with E-state index >= 15 is 0 Å². The lowest BCUT2D eigenvalue weighted by Gasteiger charge is -2.25. The van der Waals surface area contributed by atoms with E-state index in [-0.39, 0.29) is 5.12 Å². The molecule has 1 unspecified atom stereocenters. The Morgan fingerprint density at radius 1 is 1.06 bits per heavy atom. The van der Waals surface area contributed by atoms with E-state index in [1.165, 1.54) is 17.3 Å². The number of hydrogen-bond donors (Lipinski definition) is 3. The Morgan fingerprint density at radius 2 is 1.52 bits per heavy atom. The molecule has 3 N–H and O–H groups in total. The summed E-state index contributed by atoms with van der Waals surface area (Å²) in [6.45, 7) is 3.49. The van der Waals surface area contributed by atoms with Gasteiger partial charge in [-0.3, -0.25) is 9.78 Å². The average molecular weight is 476 g/mol. The Bertz CT molecular complexity index is 745. The van der Waals surface area contributed by atoms with Crippen LogP contribution in [0.1, 0.15) is 18.9 Å². The molecule has 2 heterocycles. The molecule has 0 radical (unpaired) electrons. The van der Waals surface area contributed by atoms with Crippen molar-refractivity contribution in [3.8, 4) is 0 Å². The highest BCUT2D eigenvalue weighted by Crippen LogP contribution is 2.26. The first-order valence-electron chi connectivity index (χ1n) is 8.23. The number of nitrogens with one attached hydrogen (secondary N) is 1. The molecule has 31 heavy (non-hydrogen) atoms. The van der Waals surface area contributed by atoms with E-state index in [2.05, 4.69) is 16.4 Å². The van der Waals surface area contributed by atoms with Gasteiger partial charge >= 0.3 is 24.3 Å². The Labute approximate surface area is 176 Å². The third kappa shape index (κ3) is 13.3. The van der Waals surface area contributed by atoms with Crippen LogP contribution in [-0.4, -0.2) is 62.9 Å². The quantitative estimate of drug-likeness (QED) is 0.557. The number of thioether (sulfide) groups is 1. The van der Waals surface area contributed by atoms with Crippen molar-refractivity contribution in [2.75, 3.05) is 13.1 Å². The average Bonchev–Trinajstić information content (AvgIpc) is 2.63. The van der Waals surface area contributed by atoms with E-state index in [1.807, 2.05) is 12.1 Å². The molecule has 0 amide bonds. The highest BCUT2D eigenvalue weighted by molar-refractivity contribution is 8.14. The molecule has 7 nitrogen and oxygen atoms in total. The van der Waals surface area contributed by atoms with Crippen molar-refractivity contribution in [1.29, 1.82) is 0 Å². The molecule has 1 aromatic heterocycles. The highest BCUT2D eigenvalue weighted by Gasteiger charge is 2.38. The third-order valence-electron chi connectivity index (χ3n) is 3.18. The fourth-order valence-corrected chi connectivity index (χ4v) is 2.86.